The van der Waals surface area contributed by atoms with Crippen LogP contribution in [0.5, 0.6) is 0 Å². The van der Waals surface area contributed by atoms with Gasteiger partial charge in [-0.05, 0) is 42.2 Å². The minimum atomic E-state index is -0.652. The molecular formula is C28H31FN2O2. The monoisotopic (exact) mass is 446 g/mol. The number of rotatable bonds is 10. The first kappa shape index (κ1) is 24.2. The summed E-state index contributed by atoms with van der Waals surface area (Å²) in [5, 5.41) is 2.89. The van der Waals surface area contributed by atoms with Crippen molar-refractivity contribution in [1.29, 1.82) is 0 Å². The van der Waals surface area contributed by atoms with Crippen LogP contribution in [-0.4, -0.2) is 29.3 Å². The first-order chi connectivity index (χ1) is 16.0. The number of hydrogen-bond acceptors (Lipinski definition) is 2. The summed E-state index contributed by atoms with van der Waals surface area (Å²) < 4.78 is 13.4. The molecule has 0 aromatic heterocycles. The third-order valence-electron chi connectivity index (χ3n) is 5.77. The van der Waals surface area contributed by atoms with Crippen molar-refractivity contribution in [2.75, 3.05) is 6.54 Å². The number of nitrogens with zero attached hydrogens (tertiary/aromatic N) is 1. The predicted octanol–water partition coefficient (Wildman–Crippen LogP) is 5.29. The van der Waals surface area contributed by atoms with Gasteiger partial charge in [0.2, 0.25) is 11.8 Å². The number of nitrogens with one attached hydrogen (secondary N) is 1. The molecule has 3 rings (SSSR count). The summed E-state index contributed by atoms with van der Waals surface area (Å²) in [6, 6.07) is 25.2. The molecule has 0 radical (unpaired) electrons. The Bertz CT molecular complexity index is 983. The van der Waals surface area contributed by atoms with Gasteiger partial charge in [0.05, 0.1) is 0 Å². The average molecular weight is 447 g/mol. The normalized spacial score (nSPS) is 11.8. The second-order valence-electron chi connectivity index (χ2n) is 8.19. The molecule has 33 heavy (non-hydrogen) atoms. The lowest BCUT2D eigenvalue weighted by atomic mass is 9.88. The third-order valence-corrected chi connectivity index (χ3v) is 5.77. The number of benzene rings is 3. The second-order valence-corrected chi connectivity index (χ2v) is 8.19. The van der Waals surface area contributed by atoms with Gasteiger partial charge in [0, 0.05) is 25.4 Å². The predicted molar refractivity (Wildman–Crippen MR) is 129 cm³/mol. The Morgan fingerprint density at radius 1 is 0.879 bits per heavy atom. The van der Waals surface area contributed by atoms with Gasteiger partial charge in [-0.1, -0.05) is 79.7 Å². The fourth-order valence-electron chi connectivity index (χ4n) is 3.86. The lowest BCUT2D eigenvalue weighted by molar-refractivity contribution is -0.140. The standard InChI is InChI=1S/C28H31FN2O2/c1-3-18-30-28(33)21(2)31(20-22-14-16-25(29)17-15-22)27(32)19-26(23-10-6-4-7-11-23)24-12-8-5-9-13-24/h4-17,21,26H,3,18-20H2,1-2H3,(H,30,33)/t21-/m1/s1. The zero-order valence-electron chi connectivity index (χ0n) is 19.2. The van der Waals surface area contributed by atoms with Gasteiger partial charge >= 0.3 is 0 Å². The summed E-state index contributed by atoms with van der Waals surface area (Å²) >= 11 is 0. The van der Waals surface area contributed by atoms with Crippen LogP contribution in [0.3, 0.4) is 0 Å². The van der Waals surface area contributed by atoms with Crippen molar-refractivity contribution in [2.45, 2.75) is 45.2 Å². The van der Waals surface area contributed by atoms with Gasteiger partial charge < -0.3 is 10.2 Å². The molecule has 3 aromatic rings. The highest BCUT2D eigenvalue weighted by Crippen LogP contribution is 2.29. The number of carbonyl (C=O) groups excluding carboxylic acids is 2. The molecule has 1 atom stereocenters. The average Bonchev–Trinajstić information content (AvgIpc) is 2.86. The SMILES string of the molecule is CCCNC(=O)[C@@H](C)N(Cc1ccc(F)cc1)C(=O)CC(c1ccccc1)c1ccccc1. The van der Waals surface area contributed by atoms with Crippen LogP contribution in [0.2, 0.25) is 0 Å². The third kappa shape index (κ3) is 6.75. The quantitative estimate of drug-likeness (QED) is 0.460. The Balaban J connectivity index is 1.89. The van der Waals surface area contributed by atoms with Gasteiger partial charge in [0.15, 0.2) is 0 Å². The van der Waals surface area contributed by atoms with E-state index in [1.165, 1.54) is 12.1 Å². The highest BCUT2D eigenvalue weighted by Gasteiger charge is 2.28. The van der Waals surface area contributed by atoms with E-state index in [1.54, 1.807) is 24.0 Å². The van der Waals surface area contributed by atoms with E-state index in [2.05, 4.69) is 5.32 Å². The van der Waals surface area contributed by atoms with Crippen LogP contribution < -0.4 is 5.32 Å². The molecule has 0 bridgehead atoms. The Kier molecular flexibility index (Phi) is 8.76. The molecule has 2 amide bonds. The van der Waals surface area contributed by atoms with Crippen LogP contribution in [0.1, 0.15) is 49.3 Å². The number of amides is 2. The van der Waals surface area contributed by atoms with Crippen molar-refractivity contribution in [2.24, 2.45) is 0 Å². The molecule has 3 aromatic carbocycles. The molecular weight excluding hydrogens is 415 g/mol. The van der Waals surface area contributed by atoms with E-state index in [0.717, 1.165) is 23.1 Å². The van der Waals surface area contributed by atoms with Crippen LogP contribution in [-0.2, 0) is 16.1 Å². The highest BCUT2D eigenvalue weighted by molar-refractivity contribution is 5.87. The molecule has 4 nitrogen and oxygen atoms in total. The van der Waals surface area contributed by atoms with E-state index in [9.17, 15) is 14.0 Å². The topological polar surface area (TPSA) is 49.4 Å². The molecule has 0 aliphatic heterocycles. The Hall–Kier alpha value is -3.47. The molecule has 0 aliphatic rings. The van der Waals surface area contributed by atoms with Crippen molar-refractivity contribution < 1.29 is 14.0 Å². The van der Waals surface area contributed by atoms with Crippen molar-refractivity contribution in [3.05, 3.63) is 107 Å². The number of halogens is 1. The van der Waals surface area contributed by atoms with Gasteiger partial charge in [-0.3, -0.25) is 9.59 Å². The molecule has 0 fully saturated rings. The van der Waals surface area contributed by atoms with Gasteiger partial charge in [0.25, 0.3) is 0 Å². The maximum atomic E-state index is 13.7. The summed E-state index contributed by atoms with van der Waals surface area (Å²) in [7, 11) is 0. The smallest absolute Gasteiger partial charge is 0.242 e. The van der Waals surface area contributed by atoms with E-state index in [-0.39, 0.29) is 36.5 Å². The Morgan fingerprint density at radius 3 is 1.94 bits per heavy atom. The van der Waals surface area contributed by atoms with E-state index >= 15 is 0 Å². The van der Waals surface area contributed by atoms with Crippen molar-refractivity contribution in [1.82, 2.24) is 10.2 Å². The lowest BCUT2D eigenvalue weighted by Crippen LogP contribution is -2.48. The van der Waals surface area contributed by atoms with Gasteiger partial charge in [-0.25, -0.2) is 4.39 Å². The zero-order chi connectivity index (χ0) is 23.6. The minimum Gasteiger partial charge on any atom is -0.354 e. The van der Waals surface area contributed by atoms with Crippen LogP contribution >= 0.6 is 0 Å². The number of carbonyl (C=O) groups is 2. The molecule has 172 valence electrons. The van der Waals surface area contributed by atoms with Gasteiger partial charge in [0.1, 0.15) is 11.9 Å². The zero-order valence-corrected chi connectivity index (χ0v) is 19.2. The van der Waals surface area contributed by atoms with Crippen molar-refractivity contribution in [3.63, 3.8) is 0 Å². The van der Waals surface area contributed by atoms with E-state index in [4.69, 9.17) is 0 Å². The highest BCUT2D eigenvalue weighted by atomic mass is 19.1. The van der Waals surface area contributed by atoms with E-state index in [1.807, 2.05) is 67.6 Å². The van der Waals surface area contributed by atoms with Gasteiger partial charge in [-0.15, -0.1) is 0 Å². The van der Waals surface area contributed by atoms with Crippen LogP contribution in [0, 0.1) is 5.82 Å². The van der Waals surface area contributed by atoms with E-state index < -0.39 is 6.04 Å². The van der Waals surface area contributed by atoms with Crippen LogP contribution in [0.15, 0.2) is 84.9 Å². The summed E-state index contributed by atoms with van der Waals surface area (Å²) in [6.07, 6.45) is 1.04. The van der Waals surface area contributed by atoms with E-state index in [0.29, 0.717) is 6.54 Å². The summed E-state index contributed by atoms with van der Waals surface area (Å²) in [5.41, 5.74) is 2.86. The first-order valence-electron chi connectivity index (χ1n) is 11.4. The molecule has 0 heterocycles. The molecule has 0 spiro atoms. The molecule has 0 unspecified atom stereocenters. The molecule has 5 heteroatoms. The molecule has 0 saturated heterocycles. The summed E-state index contributed by atoms with van der Waals surface area (Å²) in [4.78, 5) is 28.0. The second kappa shape index (κ2) is 12.0. The first-order valence-corrected chi connectivity index (χ1v) is 11.4. The largest absolute Gasteiger partial charge is 0.354 e. The maximum absolute atomic E-state index is 13.7. The van der Waals surface area contributed by atoms with Crippen LogP contribution in [0.25, 0.3) is 0 Å². The van der Waals surface area contributed by atoms with Crippen molar-refractivity contribution in [3.8, 4) is 0 Å². The summed E-state index contributed by atoms with van der Waals surface area (Å²) in [6.45, 7) is 4.51. The van der Waals surface area contributed by atoms with Crippen molar-refractivity contribution >= 4 is 11.8 Å². The molecule has 1 N–H and O–H groups in total. The fraction of sp³-hybridized carbons (Fsp3) is 0.286. The maximum Gasteiger partial charge on any atom is 0.242 e. The fourth-order valence-corrected chi connectivity index (χ4v) is 3.86. The Labute approximate surface area is 195 Å². The minimum absolute atomic E-state index is 0.129. The lowest BCUT2D eigenvalue weighted by Gasteiger charge is -2.30. The van der Waals surface area contributed by atoms with Crippen LogP contribution in [0.4, 0.5) is 4.39 Å². The van der Waals surface area contributed by atoms with Gasteiger partial charge in [-0.2, -0.15) is 0 Å². The molecule has 0 aliphatic carbocycles. The molecule has 0 saturated carbocycles. The number of hydrogen-bond donors (Lipinski definition) is 1. The summed E-state index contributed by atoms with van der Waals surface area (Å²) in [5.74, 6) is -0.792. The Morgan fingerprint density at radius 2 is 1.42 bits per heavy atom.